The largest absolute Gasteiger partial charge is 0.464 e. The molecule has 2 nitrogen and oxygen atoms in total. The molecule has 0 unspecified atom stereocenters. The number of thiophene rings is 1. The summed E-state index contributed by atoms with van der Waals surface area (Å²) in [5, 5.41) is 7.52. The van der Waals surface area contributed by atoms with Crippen LogP contribution < -0.4 is 5.32 Å². The van der Waals surface area contributed by atoms with Gasteiger partial charge in [0.15, 0.2) is 0 Å². The predicted molar refractivity (Wildman–Crippen MR) is 75.6 cm³/mol. The number of furan rings is 1. The molecule has 0 aliphatic carbocycles. The van der Waals surface area contributed by atoms with Crippen LogP contribution in [0, 0.1) is 6.92 Å². The molecule has 0 radical (unpaired) electrons. The van der Waals surface area contributed by atoms with Crippen molar-refractivity contribution in [2.24, 2.45) is 0 Å². The average Bonchev–Trinajstić information content (AvgIpc) is 2.97. The van der Waals surface area contributed by atoms with Crippen LogP contribution in [0.5, 0.6) is 0 Å². The Labute approximate surface area is 119 Å². The highest BCUT2D eigenvalue weighted by Gasteiger charge is 2.07. The molecule has 0 aromatic carbocycles. The van der Waals surface area contributed by atoms with Crippen LogP contribution in [-0.2, 0) is 18.8 Å². The molecule has 0 amide bonds. The van der Waals surface area contributed by atoms with Gasteiger partial charge in [0.05, 0.1) is 12.3 Å². The van der Waals surface area contributed by atoms with E-state index in [0.29, 0.717) is 24.1 Å². The Morgan fingerprint density at radius 1 is 1.26 bits per heavy atom. The predicted octanol–water partition coefficient (Wildman–Crippen LogP) is 4.40. The summed E-state index contributed by atoms with van der Waals surface area (Å²) in [5.74, 6) is -0.777. The highest BCUT2D eigenvalue weighted by Crippen LogP contribution is 2.21. The Bertz CT molecular complexity index is 510. The second kappa shape index (κ2) is 7.07. The highest BCUT2D eigenvalue weighted by molar-refractivity contribution is 7.98. The van der Waals surface area contributed by atoms with Gasteiger partial charge in [0.25, 0.3) is 5.76 Å². The van der Waals surface area contributed by atoms with Gasteiger partial charge >= 0.3 is 0 Å². The van der Waals surface area contributed by atoms with E-state index in [9.17, 15) is 8.78 Å². The molecule has 0 saturated heterocycles. The average molecular weight is 303 g/mol. The van der Waals surface area contributed by atoms with Gasteiger partial charge < -0.3 is 9.73 Å². The highest BCUT2D eigenvalue weighted by atomic mass is 32.2. The normalized spacial score (nSPS) is 11.4. The standard InChI is InChI=1S/C13H15F2NOS2/c1-9-6-18-7-10(9)4-16-5-11-2-3-12(17-11)8-19-13(14)15/h2-3,6-7,13,16H,4-5,8H2,1H3. The molecule has 2 rings (SSSR count). The molecule has 0 fully saturated rings. The van der Waals surface area contributed by atoms with E-state index in [4.69, 9.17) is 4.42 Å². The SMILES string of the molecule is Cc1cscc1CNCc1ccc(CSC(F)F)o1. The molecule has 0 spiro atoms. The first kappa shape index (κ1) is 14.6. The lowest BCUT2D eigenvalue weighted by atomic mass is 10.2. The van der Waals surface area contributed by atoms with Gasteiger partial charge in [-0.15, -0.1) is 0 Å². The van der Waals surface area contributed by atoms with Crippen molar-refractivity contribution in [3.63, 3.8) is 0 Å². The van der Waals surface area contributed by atoms with Crippen LogP contribution in [0.15, 0.2) is 27.3 Å². The molecule has 19 heavy (non-hydrogen) atoms. The molecule has 2 aromatic rings. The maximum absolute atomic E-state index is 12.0. The van der Waals surface area contributed by atoms with E-state index < -0.39 is 5.76 Å². The molecule has 0 bridgehead atoms. The maximum atomic E-state index is 12.0. The molecule has 2 heterocycles. The summed E-state index contributed by atoms with van der Waals surface area (Å²) < 4.78 is 29.5. The summed E-state index contributed by atoms with van der Waals surface area (Å²) in [6, 6.07) is 3.58. The first-order chi connectivity index (χ1) is 9.15. The zero-order valence-corrected chi connectivity index (χ0v) is 12.1. The maximum Gasteiger partial charge on any atom is 0.284 e. The van der Waals surface area contributed by atoms with E-state index in [0.717, 1.165) is 12.3 Å². The summed E-state index contributed by atoms with van der Waals surface area (Å²) >= 11 is 2.26. The second-order valence-corrected chi connectivity index (χ2v) is 5.85. The van der Waals surface area contributed by atoms with Crippen LogP contribution in [0.2, 0.25) is 0 Å². The van der Waals surface area contributed by atoms with E-state index in [2.05, 4.69) is 23.0 Å². The number of halogens is 2. The van der Waals surface area contributed by atoms with E-state index >= 15 is 0 Å². The molecule has 1 N–H and O–H groups in total. The molecule has 0 aliphatic rings. The van der Waals surface area contributed by atoms with Gasteiger partial charge in [-0.3, -0.25) is 0 Å². The van der Waals surface area contributed by atoms with Crippen molar-refractivity contribution in [1.82, 2.24) is 5.32 Å². The van der Waals surface area contributed by atoms with E-state index in [1.165, 1.54) is 11.1 Å². The molecule has 0 saturated carbocycles. The fourth-order valence-corrected chi connectivity index (χ4v) is 2.93. The lowest BCUT2D eigenvalue weighted by Crippen LogP contribution is -2.12. The number of alkyl halides is 2. The van der Waals surface area contributed by atoms with Crippen LogP contribution in [0.4, 0.5) is 8.78 Å². The van der Waals surface area contributed by atoms with Crippen molar-refractivity contribution in [1.29, 1.82) is 0 Å². The number of nitrogens with one attached hydrogen (secondary N) is 1. The van der Waals surface area contributed by atoms with Gasteiger partial charge in [-0.05, 0) is 40.9 Å². The van der Waals surface area contributed by atoms with Crippen molar-refractivity contribution in [2.45, 2.75) is 31.5 Å². The fourth-order valence-electron chi connectivity index (χ4n) is 1.63. The fraction of sp³-hybridized carbons (Fsp3) is 0.385. The number of thioether (sulfide) groups is 1. The second-order valence-electron chi connectivity index (χ2n) is 4.12. The van der Waals surface area contributed by atoms with Crippen LogP contribution >= 0.6 is 23.1 Å². The van der Waals surface area contributed by atoms with E-state index in [1.807, 2.05) is 6.07 Å². The smallest absolute Gasteiger partial charge is 0.284 e. The van der Waals surface area contributed by atoms with Crippen molar-refractivity contribution < 1.29 is 13.2 Å². The Kier molecular flexibility index (Phi) is 5.42. The molecule has 104 valence electrons. The van der Waals surface area contributed by atoms with Crippen molar-refractivity contribution in [3.05, 3.63) is 45.5 Å². The molecule has 0 atom stereocenters. The molecule has 2 aromatic heterocycles. The summed E-state index contributed by atoms with van der Waals surface area (Å²) in [4.78, 5) is 0. The zero-order valence-electron chi connectivity index (χ0n) is 10.5. The minimum absolute atomic E-state index is 0.210. The van der Waals surface area contributed by atoms with Crippen LogP contribution in [0.3, 0.4) is 0 Å². The van der Waals surface area contributed by atoms with Crippen LogP contribution in [0.25, 0.3) is 0 Å². The number of rotatable bonds is 7. The van der Waals surface area contributed by atoms with Crippen LogP contribution in [-0.4, -0.2) is 5.76 Å². The third kappa shape index (κ3) is 4.63. The Balaban J connectivity index is 1.76. The van der Waals surface area contributed by atoms with Gasteiger partial charge in [0, 0.05) is 6.54 Å². The quantitative estimate of drug-likeness (QED) is 0.821. The van der Waals surface area contributed by atoms with Gasteiger partial charge in [0.2, 0.25) is 0 Å². The lowest BCUT2D eigenvalue weighted by Gasteiger charge is -2.02. The van der Waals surface area contributed by atoms with Gasteiger partial charge in [-0.25, -0.2) is 0 Å². The Hall–Kier alpha value is -0.850. The third-order valence-corrected chi connectivity index (χ3v) is 4.26. The lowest BCUT2D eigenvalue weighted by molar-refractivity contribution is 0.251. The van der Waals surface area contributed by atoms with E-state index in [1.54, 1.807) is 17.4 Å². The molecule has 0 aliphatic heterocycles. The van der Waals surface area contributed by atoms with Gasteiger partial charge in [-0.2, -0.15) is 20.1 Å². The summed E-state index contributed by atoms with van der Waals surface area (Å²) in [5.41, 5.74) is 2.57. The Morgan fingerprint density at radius 3 is 2.74 bits per heavy atom. The van der Waals surface area contributed by atoms with E-state index in [-0.39, 0.29) is 5.75 Å². The number of aryl methyl sites for hydroxylation is 1. The van der Waals surface area contributed by atoms with Gasteiger partial charge in [-0.1, -0.05) is 11.8 Å². The Morgan fingerprint density at radius 2 is 2.05 bits per heavy atom. The van der Waals surface area contributed by atoms with Crippen molar-refractivity contribution in [2.75, 3.05) is 0 Å². The van der Waals surface area contributed by atoms with Crippen LogP contribution in [0.1, 0.15) is 22.6 Å². The minimum atomic E-state index is -2.35. The zero-order chi connectivity index (χ0) is 13.7. The third-order valence-electron chi connectivity index (χ3n) is 2.65. The number of hydrogen-bond donors (Lipinski definition) is 1. The minimum Gasteiger partial charge on any atom is -0.464 e. The summed E-state index contributed by atoms with van der Waals surface area (Å²) in [7, 11) is 0. The first-order valence-electron chi connectivity index (χ1n) is 5.85. The molecular formula is C13H15F2NOS2. The van der Waals surface area contributed by atoms with Gasteiger partial charge in [0.1, 0.15) is 11.5 Å². The molecular weight excluding hydrogens is 288 g/mol. The topological polar surface area (TPSA) is 25.2 Å². The van der Waals surface area contributed by atoms with Crippen molar-refractivity contribution in [3.8, 4) is 0 Å². The van der Waals surface area contributed by atoms with Crippen molar-refractivity contribution >= 4 is 23.1 Å². The summed E-state index contributed by atoms with van der Waals surface area (Å²) in [6.07, 6.45) is 0. The number of hydrogen-bond acceptors (Lipinski definition) is 4. The molecule has 6 heteroatoms. The monoisotopic (exact) mass is 303 g/mol. The summed E-state index contributed by atoms with van der Waals surface area (Å²) in [6.45, 7) is 3.48. The first-order valence-corrected chi connectivity index (χ1v) is 7.84.